The Labute approximate surface area is 226 Å². The predicted molar refractivity (Wildman–Crippen MR) is 157 cm³/mol. The minimum absolute atomic E-state index is 0.0109. The Morgan fingerprint density at radius 1 is 0.528 bits per heavy atom. The third-order valence-electron chi connectivity index (χ3n) is 7.88. The number of ether oxygens (including phenoxy) is 1. The molecule has 0 aromatic heterocycles. The van der Waals surface area contributed by atoms with Crippen molar-refractivity contribution in [1.29, 1.82) is 0 Å². The summed E-state index contributed by atoms with van der Waals surface area (Å²) in [7, 11) is 0. The molecule has 0 saturated heterocycles. The van der Waals surface area contributed by atoms with Crippen LogP contribution in [0.5, 0.6) is 0 Å². The third-order valence-corrected chi connectivity index (χ3v) is 7.88. The van der Waals surface area contributed by atoms with Gasteiger partial charge in [0.25, 0.3) is 0 Å². The summed E-state index contributed by atoms with van der Waals surface area (Å²) in [6.07, 6.45) is 31.0. The maximum atomic E-state index is 12.2. The lowest BCUT2D eigenvalue weighted by Gasteiger charge is -2.17. The Bertz CT molecular complexity index is 437. The van der Waals surface area contributed by atoms with E-state index in [2.05, 4.69) is 20.8 Å². The van der Waals surface area contributed by atoms with Crippen molar-refractivity contribution >= 4 is 5.97 Å². The fourth-order valence-corrected chi connectivity index (χ4v) is 5.25. The highest BCUT2D eigenvalue weighted by Crippen LogP contribution is 2.20. The molecule has 216 valence electrons. The van der Waals surface area contributed by atoms with Crippen LogP contribution in [0.3, 0.4) is 0 Å². The van der Waals surface area contributed by atoms with Crippen molar-refractivity contribution < 1.29 is 14.6 Å². The highest BCUT2D eigenvalue weighted by atomic mass is 16.5. The van der Waals surface area contributed by atoms with Gasteiger partial charge in [-0.15, -0.1) is 0 Å². The molecule has 3 heteroatoms. The number of carbonyl (C=O) groups excluding carboxylic acids is 1. The Morgan fingerprint density at radius 3 is 1.42 bits per heavy atom. The summed E-state index contributed by atoms with van der Waals surface area (Å²) in [5, 5.41) is 9.69. The van der Waals surface area contributed by atoms with E-state index >= 15 is 0 Å². The summed E-state index contributed by atoms with van der Waals surface area (Å²) in [6.45, 7) is 7.76. The van der Waals surface area contributed by atoms with Crippen LogP contribution in [-0.4, -0.2) is 24.3 Å². The fraction of sp³-hybridized carbons (Fsp3) is 0.970. The Morgan fingerprint density at radius 2 is 0.917 bits per heavy atom. The second-order valence-corrected chi connectivity index (χ2v) is 11.5. The molecule has 0 heterocycles. The monoisotopic (exact) mass is 511 g/mol. The van der Waals surface area contributed by atoms with Gasteiger partial charge in [-0.05, 0) is 43.9 Å². The van der Waals surface area contributed by atoms with Crippen molar-refractivity contribution in [3.05, 3.63) is 0 Å². The average Bonchev–Trinajstić information content (AvgIpc) is 2.89. The highest BCUT2D eigenvalue weighted by Gasteiger charge is 2.12. The second kappa shape index (κ2) is 29.0. The lowest BCUT2D eigenvalue weighted by molar-refractivity contribution is -0.145. The number of rotatable bonds is 29. The number of hydrogen-bond acceptors (Lipinski definition) is 3. The Kier molecular flexibility index (Phi) is 28.5. The van der Waals surface area contributed by atoms with Gasteiger partial charge in [0.1, 0.15) is 0 Å². The molecule has 0 saturated carbocycles. The van der Waals surface area contributed by atoms with E-state index in [4.69, 9.17) is 4.74 Å². The summed E-state index contributed by atoms with van der Waals surface area (Å²) in [5.41, 5.74) is 0. The molecular formula is C33H66O3. The number of carbonyl (C=O) groups is 1. The molecule has 0 spiro atoms. The summed E-state index contributed by atoms with van der Waals surface area (Å²) in [6, 6.07) is 0. The van der Waals surface area contributed by atoms with Crippen LogP contribution in [0.1, 0.15) is 181 Å². The molecule has 0 aliphatic carbocycles. The molecule has 0 radical (unpaired) electrons. The summed E-state index contributed by atoms with van der Waals surface area (Å²) < 4.78 is 5.65. The topological polar surface area (TPSA) is 46.5 Å². The lowest BCUT2D eigenvalue weighted by atomic mass is 9.95. The van der Waals surface area contributed by atoms with Crippen LogP contribution in [0.25, 0.3) is 0 Å². The molecule has 3 nitrogen and oxygen atoms in total. The quantitative estimate of drug-likeness (QED) is 0.0804. The fourth-order valence-electron chi connectivity index (χ4n) is 5.25. The molecule has 2 atom stereocenters. The molecule has 0 aromatic carbocycles. The van der Waals surface area contributed by atoms with Crippen molar-refractivity contribution in [1.82, 2.24) is 0 Å². The van der Waals surface area contributed by atoms with Crippen LogP contribution in [0.2, 0.25) is 0 Å². The molecule has 0 aliphatic heterocycles. The van der Waals surface area contributed by atoms with Gasteiger partial charge in [0.05, 0.1) is 6.61 Å². The van der Waals surface area contributed by atoms with Crippen molar-refractivity contribution in [2.24, 2.45) is 11.8 Å². The van der Waals surface area contributed by atoms with Gasteiger partial charge in [-0.3, -0.25) is 4.79 Å². The molecule has 2 unspecified atom stereocenters. The van der Waals surface area contributed by atoms with Gasteiger partial charge >= 0.3 is 5.97 Å². The molecule has 0 fully saturated rings. The molecular weight excluding hydrogens is 444 g/mol. The van der Waals surface area contributed by atoms with Gasteiger partial charge in [0, 0.05) is 13.0 Å². The summed E-state index contributed by atoms with van der Waals surface area (Å²) >= 11 is 0. The van der Waals surface area contributed by atoms with Crippen molar-refractivity contribution in [2.45, 2.75) is 181 Å². The second-order valence-electron chi connectivity index (χ2n) is 11.5. The summed E-state index contributed by atoms with van der Waals surface area (Å²) in [5.74, 6) is 1.08. The lowest BCUT2D eigenvalue weighted by Crippen LogP contribution is -2.14. The van der Waals surface area contributed by atoms with Gasteiger partial charge in [-0.1, -0.05) is 143 Å². The first-order chi connectivity index (χ1) is 17.7. The van der Waals surface area contributed by atoms with Crippen LogP contribution >= 0.6 is 0 Å². The van der Waals surface area contributed by atoms with Gasteiger partial charge < -0.3 is 9.84 Å². The molecule has 1 N–H and O–H groups in total. The molecule has 0 bridgehead atoms. The average molecular weight is 511 g/mol. The van der Waals surface area contributed by atoms with E-state index in [9.17, 15) is 9.90 Å². The molecule has 0 rings (SSSR count). The van der Waals surface area contributed by atoms with Crippen LogP contribution in [0.4, 0.5) is 0 Å². The minimum Gasteiger partial charge on any atom is -0.465 e. The SMILES string of the molecule is CCCCCCCCCCC(CO)CCCCCCCCC(=O)OCC(CCCC)CCCCCC. The van der Waals surface area contributed by atoms with Crippen LogP contribution < -0.4 is 0 Å². The highest BCUT2D eigenvalue weighted by molar-refractivity contribution is 5.69. The minimum atomic E-state index is 0.0109. The van der Waals surface area contributed by atoms with Gasteiger partial charge in [0.2, 0.25) is 0 Å². The third kappa shape index (κ3) is 25.1. The normalized spacial score (nSPS) is 13.1. The van der Waals surface area contributed by atoms with Crippen molar-refractivity contribution in [3.8, 4) is 0 Å². The molecule has 0 aromatic rings. The standard InChI is InChI=1S/C33H66O3/c1-4-7-10-12-13-14-17-21-25-31(29-34)26-22-18-15-16-19-23-28-33(35)36-30-32(24-9-6-3)27-20-11-8-5-2/h31-32,34H,4-30H2,1-3H3. The maximum absolute atomic E-state index is 12.2. The number of unbranched alkanes of at least 4 members (excludes halogenated alkanes) is 16. The van der Waals surface area contributed by atoms with Crippen LogP contribution in [-0.2, 0) is 9.53 Å². The summed E-state index contributed by atoms with van der Waals surface area (Å²) in [4.78, 5) is 12.2. The predicted octanol–water partition coefficient (Wildman–Crippen LogP) is 10.6. The Hall–Kier alpha value is -0.570. The maximum Gasteiger partial charge on any atom is 0.305 e. The first-order valence-corrected chi connectivity index (χ1v) is 16.4. The van der Waals surface area contributed by atoms with Gasteiger partial charge in [0.15, 0.2) is 0 Å². The number of hydrogen-bond donors (Lipinski definition) is 1. The van der Waals surface area contributed by atoms with Gasteiger partial charge in [-0.25, -0.2) is 0 Å². The molecule has 0 amide bonds. The van der Waals surface area contributed by atoms with E-state index < -0.39 is 0 Å². The van der Waals surface area contributed by atoms with E-state index in [0.717, 1.165) is 12.8 Å². The van der Waals surface area contributed by atoms with E-state index in [1.807, 2.05) is 0 Å². The zero-order valence-corrected chi connectivity index (χ0v) is 25.0. The smallest absolute Gasteiger partial charge is 0.305 e. The van der Waals surface area contributed by atoms with E-state index in [0.29, 0.717) is 31.5 Å². The number of esters is 1. The van der Waals surface area contributed by atoms with Crippen LogP contribution in [0.15, 0.2) is 0 Å². The number of aliphatic hydroxyl groups excluding tert-OH is 1. The van der Waals surface area contributed by atoms with Crippen molar-refractivity contribution in [2.75, 3.05) is 13.2 Å². The zero-order valence-electron chi connectivity index (χ0n) is 25.0. The van der Waals surface area contributed by atoms with E-state index in [1.165, 1.54) is 141 Å². The number of aliphatic hydroxyl groups is 1. The largest absolute Gasteiger partial charge is 0.465 e. The van der Waals surface area contributed by atoms with Gasteiger partial charge in [-0.2, -0.15) is 0 Å². The molecule has 36 heavy (non-hydrogen) atoms. The zero-order chi connectivity index (χ0) is 26.5. The first kappa shape index (κ1) is 35.4. The molecule has 0 aliphatic rings. The van der Waals surface area contributed by atoms with Crippen molar-refractivity contribution in [3.63, 3.8) is 0 Å². The Balaban J connectivity index is 3.65. The first-order valence-electron chi connectivity index (χ1n) is 16.4. The van der Waals surface area contributed by atoms with E-state index in [1.54, 1.807) is 0 Å². The van der Waals surface area contributed by atoms with E-state index in [-0.39, 0.29) is 5.97 Å². The van der Waals surface area contributed by atoms with Crippen LogP contribution in [0, 0.1) is 11.8 Å².